The molecule has 2 aromatic carbocycles. The average Bonchev–Trinajstić information content (AvgIpc) is 3.40. The van der Waals surface area contributed by atoms with Crippen molar-refractivity contribution in [3.05, 3.63) is 70.3 Å². The van der Waals surface area contributed by atoms with Crippen molar-refractivity contribution in [3.63, 3.8) is 0 Å². The van der Waals surface area contributed by atoms with E-state index in [-0.39, 0.29) is 18.5 Å². The van der Waals surface area contributed by atoms with Crippen molar-refractivity contribution < 1.29 is 9.21 Å². The standard InChI is InChI=1S/C22H22N6O2S/c1-13(2)28-18(24-27-22(28)31)12-23-19(29)15-8-10-17(11-9-15)21-26-25-20(30-21)16-6-4-14(3)5-7-16/h4-11,13H,12H2,1-3H3,(H,23,29)(H,27,31). The van der Waals surface area contributed by atoms with E-state index in [4.69, 9.17) is 16.6 Å². The molecule has 0 fully saturated rings. The molecule has 0 saturated heterocycles. The molecule has 0 unspecified atom stereocenters. The minimum atomic E-state index is -0.207. The van der Waals surface area contributed by atoms with Crippen LogP contribution >= 0.6 is 12.2 Å². The second-order valence-electron chi connectivity index (χ2n) is 7.45. The van der Waals surface area contributed by atoms with E-state index in [0.717, 1.165) is 16.7 Å². The summed E-state index contributed by atoms with van der Waals surface area (Å²) in [6.07, 6.45) is 0. The molecule has 2 aromatic heterocycles. The maximum Gasteiger partial charge on any atom is 0.251 e. The molecule has 0 aliphatic heterocycles. The van der Waals surface area contributed by atoms with Gasteiger partial charge in [0.15, 0.2) is 10.6 Å². The van der Waals surface area contributed by atoms with Gasteiger partial charge in [0.1, 0.15) is 0 Å². The van der Waals surface area contributed by atoms with Gasteiger partial charge in [-0.25, -0.2) is 0 Å². The van der Waals surface area contributed by atoms with Gasteiger partial charge in [-0.15, -0.1) is 10.2 Å². The van der Waals surface area contributed by atoms with Gasteiger partial charge in [-0.3, -0.25) is 9.89 Å². The van der Waals surface area contributed by atoms with Crippen LogP contribution in [0.15, 0.2) is 52.9 Å². The molecule has 8 nitrogen and oxygen atoms in total. The molecule has 2 N–H and O–H groups in total. The van der Waals surface area contributed by atoms with E-state index < -0.39 is 0 Å². The first-order valence-electron chi connectivity index (χ1n) is 9.87. The van der Waals surface area contributed by atoms with Crippen LogP contribution in [0.4, 0.5) is 0 Å². The molecule has 158 valence electrons. The third-order valence-corrected chi connectivity index (χ3v) is 5.11. The lowest BCUT2D eigenvalue weighted by Crippen LogP contribution is -2.25. The summed E-state index contributed by atoms with van der Waals surface area (Å²) in [6, 6.07) is 15.0. The van der Waals surface area contributed by atoms with E-state index in [1.54, 1.807) is 24.3 Å². The molecule has 0 atom stereocenters. The molecule has 0 radical (unpaired) electrons. The maximum atomic E-state index is 12.5. The molecule has 31 heavy (non-hydrogen) atoms. The van der Waals surface area contributed by atoms with Gasteiger partial charge in [0, 0.05) is 22.7 Å². The van der Waals surface area contributed by atoms with Crippen LogP contribution in [0.5, 0.6) is 0 Å². The Bertz CT molecular complexity index is 1250. The second kappa shape index (κ2) is 8.65. The fraction of sp³-hybridized carbons (Fsp3) is 0.227. The Morgan fingerprint density at radius 3 is 2.23 bits per heavy atom. The highest BCUT2D eigenvalue weighted by Gasteiger charge is 2.14. The molecule has 4 rings (SSSR count). The van der Waals surface area contributed by atoms with Crippen molar-refractivity contribution in [2.45, 2.75) is 33.4 Å². The summed E-state index contributed by atoms with van der Waals surface area (Å²) in [5.41, 5.74) is 3.28. The largest absolute Gasteiger partial charge is 0.416 e. The van der Waals surface area contributed by atoms with E-state index in [2.05, 4.69) is 25.7 Å². The molecule has 0 aliphatic carbocycles. The van der Waals surface area contributed by atoms with Crippen LogP contribution in [0, 0.1) is 11.7 Å². The molecule has 0 bridgehead atoms. The van der Waals surface area contributed by atoms with E-state index >= 15 is 0 Å². The van der Waals surface area contributed by atoms with Gasteiger partial charge in [0.2, 0.25) is 11.8 Å². The molecule has 9 heteroatoms. The quantitative estimate of drug-likeness (QED) is 0.434. The van der Waals surface area contributed by atoms with Crippen LogP contribution in [0.1, 0.15) is 41.6 Å². The Labute approximate surface area is 184 Å². The number of hydrogen-bond donors (Lipinski definition) is 2. The predicted molar refractivity (Wildman–Crippen MR) is 119 cm³/mol. The van der Waals surface area contributed by atoms with Crippen LogP contribution in [0.25, 0.3) is 22.9 Å². The zero-order valence-corrected chi connectivity index (χ0v) is 18.2. The molecule has 2 heterocycles. The highest BCUT2D eigenvalue weighted by Crippen LogP contribution is 2.24. The number of nitrogens with one attached hydrogen (secondary N) is 2. The van der Waals surface area contributed by atoms with Gasteiger partial charge in [0.25, 0.3) is 5.91 Å². The van der Waals surface area contributed by atoms with Crippen molar-refractivity contribution in [1.82, 2.24) is 30.3 Å². The average molecular weight is 435 g/mol. The minimum Gasteiger partial charge on any atom is -0.416 e. The summed E-state index contributed by atoms with van der Waals surface area (Å²) >= 11 is 5.23. The van der Waals surface area contributed by atoms with Crippen molar-refractivity contribution in [2.75, 3.05) is 0 Å². The normalized spacial score (nSPS) is 11.1. The topological polar surface area (TPSA) is 102 Å². The van der Waals surface area contributed by atoms with Crippen molar-refractivity contribution in [3.8, 4) is 22.9 Å². The van der Waals surface area contributed by atoms with Gasteiger partial charge in [-0.1, -0.05) is 17.7 Å². The number of H-pyrrole nitrogens is 1. The van der Waals surface area contributed by atoms with Gasteiger partial charge in [-0.2, -0.15) is 5.10 Å². The van der Waals surface area contributed by atoms with Gasteiger partial charge >= 0.3 is 0 Å². The van der Waals surface area contributed by atoms with Crippen molar-refractivity contribution >= 4 is 18.1 Å². The Kier molecular flexibility index (Phi) is 5.77. The van der Waals surface area contributed by atoms with E-state index in [1.807, 2.05) is 49.6 Å². The van der Waals surface area contributed by atoms with Gasteiger partial charge in [0.05, 0.1) is 6.54 Å². The third-order valence-electron chi connectivity index (χ3n) is 4.82. The summed E-state index contributed by atoms with van der Waals surface area (Å²) in [7, 11) is 0. The Morgan fingerprint density at radius 1 is 1.06 bits per heavy atom. The van der Waals surface area contributed by atoms with E-state index in [0.29, 0.717) is 27.9 Å². The zero-order valence-electron chi connectivity index (χ0n) is 17.4. The molecular weight excluding hydrogens is 412 g/mol. The molecule has 0 aliphatic rings. The number of nitrogens with zero attached hydrogens (tertiary/aromatic N) is 4. The lowest BCUT2D eigenvalue weighted by molar-refractivity contribution is 0.0949. The van der Waals surface area contributed by atoms with Crippen LogP contribution in [0.2, 0.25) is 0 Å². The fourth-order valence-corrected chi connectivity index (χ4v) is 3.53. The number of aromatic amines is 1. The predicted octanol–water partition coefficient (Wildman–Crippen LogP) is 4.48. The Hall–Kier alpha value is -3.59. The van der Waals surface area contributed by atoms with Gasteiger partial charge < -0.3 is 14.3 Å². The number of aryl methyl sites for hydroxylation is 1. The number of amides is 1. The highest BCUT2D eigenvalue weighted by atomic mass is 32.1. The molecule has 4 aromatic rings. The third kappa shape index (κ3) is 4.46. The Balaban J connectivity index is 1.44. The lowest BCUT2D eigenvalue weighted by atomic mass is 10.1. The van der Waals surface area contributed by atoms with E-state index in [1.165, 1.54) is 0 Å². The fourth-order valence-electron chi connectivity index (χ4n) is 3.17. The lowest BCUT2D eigenvalue weighted by Gasteiger charge is -2.11. The summed E-state index contributed by atoms with van der Waals surface area (Å²) in [6.45, 7) is 6.32. The zero-order chi connectivity index (χ0) is 22.0. The van der Waals surface area contributed by atoms with Crippen LogP contribution < -0.4 is 5.32 Å². The van der Waals surface area contributed by atoms with Gasteiger partial charge in [-0.05, 0) is 69.4 Å². The van der Waals surface area contributed by atoms with E-state index in [9.17, 15) is 4.79 Å². The van der Waals surface area contributed by atoms with Crippen LogP contribution in [-0.2, 0) is 6.54 Å². The maximum absolute atomic E-state index is 12.5. The van der Waals surface area contributed by atoms with Crippen molar-refractivity contribution in [2.24, 2.45) is 0 Å². The first kappa shape index (κ1) is 20.7. The molecule has 1 amide bonds. The smallest absolute Gasteiger partial charge is 0.251 e. The number of benzene rings is 2. The molecule has 0 spiro atoms. The molecular formula is C22H22N6O2S. The van der Waals surface area contributed by atoms with Crippen LogP contribution in [0.3, 0.4) is 0 Å². The summed E-state index contributed by atoms with van der Waals surface area (Å²) in [4.78, 5) is 12.5. The molecule has 0 saturated carbocycles. The number of rotatable bonds is 6. The van der Waals surface area contributed by atoms with Crippen LogP contribution in [-0.4, -0.2) is 30.9 Å². The Morgan fingerprint density at radius 2 is 1.65 bits per heavy atom. The summed E-state index contributed by atoms with van der Waals surface area (Å²) in [5.74, 6) is 1.33. The highest BCUT2D eigenvalue weighted by molar-refractivity contribution is 7.71. The summed E-state index contributed by atoms with van der Waals surface area (Å²) < 4.78 is 8.20. The minimum absolute atomic E-state index is 0.150. The summed E-state index contributed by atoms with van der Waals surface area (Å²) in [5, 5.41) is 18.1. The first-order chi connectivity index (χ1) is 14.9. The number of aromatic nitrogens is 5. The first-order valence-corrected chi connectivity index (χ1v) is 10.3. The monoisotopic (exact) mass is 434 g/mol. The van der Waals surface area contributed by atoms with Crippen molar-refractivity contribution in [1.29, 1.82) is 0 Å². The number of carbonyl (C=O) groups is 1. The SMILES string of the molecule is Cc1ccc(-c2nnc(-c3ccc(C(=O)NCc4n[nH]c(=S)n4C(C)C)cc3)o2)cc1. The number of hydrogen-bond acceptors (Lipinski definition) is 6. The second-order valence-corrected chi connectivity index (χ2v) is 7.83. The number of carbonyl (C=O) groups excluding carboxylic acids is 1.